The highest BCUT2D eigenvalue weighted by molar-refractivity contribution is 4.79. The van der Waals surface area contributed by atoms with Gasteiger partial charge in [0, 0.05) is 25.2 Å². The van der Waals surface area contributed by atoms with Gasteiger partial charge in [0.1, 0.15) is 0 Å². The lowest BCUT2D eigenvalue weighted by molar-refractivity contribution is 0.136. The maximum atomic E-state index is 5.94. The molecule has 0 saturated carbocycles. The monoisotopic (exact) mass is 185 g/mol. The summed E-state index contributed by atoms with van der Waals surface area (Å²) in [7, 11) is 4.25. The predicted molar refractivity (Wildman–Crippen MR) is 56.8 cm³/mol. The van der Waals surface area contributed by atoms with Gasteiger partial charge in [0.2, 0.25) is 0 Å². The molecule has 3 heteroatoms. The molecule has 1 rings (SSSR count). The van der Waals surface area contributed by atoms with Crippen molar-refractivity contribution in [3.05, 3.63) is 0 Å². The van der Waals surface area contributed by atoms with Gasteiger partial charge in [-0.25, -0.2) is 0 Å². The molecule has 2 N–H and O–H groups in total. The Bertz CT molecular complexity index is 147. The van der Waals surface area contributed by atoms with Crippen LogP contribution in [-0.4, -0.2) is 55.6 Å². The standard InChI is InChI=1S/C10H23N3/c1-9(7-12(2)3)13-6-4-5-10(11)8-13/h9-10H,4-8,11H2,1-3H3. The third-order valence-corrected chi connectivity index (χ3v) is 2.74. The first-order valence-electron chi connectivity index (χ1n) is 5.24. The second-order valence-electron chi connectivity index (χ2n) is 4.51. The predicted octanol–water partition coefficient (Wildman–Crippen LogP) is 0.360. The van der Waals surface area contributed by atoms with E-state index in [0.717, 1.165) is 13.1 Å². The number of rotatable bonds is 3. The average molecular weight is 185 g/mol. The maximum Gasteiger partial charge on any atom is 0.0195 e. The number of hydrogen-bond acceptors (Lipinski definition) is 3. The molecule has 2 unspecified atom stereocenters. The number of likely N-dealkylation sites (tertiary alicyclic amines) is 1. The summed E-state index contributed by atoms with van der Waals surface area (Å²) in [6.45, 7) is 5.72. The summed E-state index contributed by atoms with van der Waals surface area (Å²) < 4.78 is 0. The Hall–Kier alpha value is -0.120. The van der Waals surface area contributed by atoms with E-state index in [1.54, 1.807) is 0 Å². The lowest BCUT2D eigenvalue weighted by Crippen LogP contribution is -2.49. The van der Waals surface area contributed by atoms with E-state index >= 15 is 0 Å². The Morgan fingerprint density at radius 3 is 2.77 bits per heavy atom. The van der Waals surface area contributed by atoms with E-state index < -0.39 is 0 Å². The lowest BCUT2D eigenvalue weighted by atomic mass is 10.0. The van der Waals surface area contributed by atoms with Gasteiger partial charge in [-0.15, -0.1) is 0 Å². The van der Waals surface area contributed by atoms with Crippen molar-refractivity contribution in [2.45, 2.75) is 31.8 Å². The smallest absolute Gasteiger partial charge is 0.0195 e. The van der Waals surface area contributed by atoms with Crippen LogP contribution in [0.1, 0.15) is 19.8 Å². The summed E-state index contributed by atoms with van der Waals surface area (Å²) in [5, 5.41) is 0. The van der Waals surface area contributed by atoms with Gasteiger partial charge in [-0.1, -0.05) is 0 Å². The lowest BCUT2D eigenvalue weighted by Gasteiger charge is -2.36. The van der Waals surface area contributed by atoms with Crippen LogP contribution in [0, 0.1) is 0 Å². The minimum absolute atomic E-state index is 0.401. The van der Waals surface area contributed by atoms with Gasteiger partial charge in [0.25, 0.3) is 0 Å². The molecule has 0 aromatic rings. The molecule has 78 valence electrons. The molecule has 13 heavy (non-hydrogen) atoms. The fraction of sp³-hybridized carbons (Fsp3) is 1.00. The molecule has 0 radical (unpaired) electrons. The average Bonchev–Trinajstić information content (AvgIpc) is 2.03. The molecule has 0 bridgehead atoms. The van der Waals surface area contributed by atoms with E-state index in [9.17, 15) is 0 Å². The second-order valence-corrected chi connectivity index (χ2v) is 4.51. The van der Waals surface area contributed by atoms with Gasteiger partial charge in [-0.3, -0.25) is 4.90 Å². The van der Waals surface area contributed by atoms with Crippen molar-refractivity contribution in [3.8, 4) is 0 Å². The van der Waals surface area contributed by atoms with Crippen molar-refractivity contribution in [3.63, 3.8) is 0 Å². The first kappa shape index (κ1) is 11.0. The van der Waals surface area contributed by atoms with E-state index in [1.165, 1.54) is 19.4 Å². The van der Waals surface area contributed by atoms with Gasteiger partial charge in [-0.05, 0) is 40.4 Å². The Balaban J connectivity index is 2.32. The molecular formula is C10H23N3. The highest BCUT2D eigenvalue weighted by Crippen LogP contribution is 2.11. The van der Waals surface area contributed by atoms with Crippen LogP contribution in [0.25, 0.3) is 0 Å². The zero-order chi connectivity index (χ0) is 9.84. The summed E-state index contributed by atoms with van der Waals surface area (Å²) in [6.07, 6.45) is 2.46. The first-order chi connectivity index (χ1) is 6.09. The Labute approximate surface area is 81.9 Å². The van der Waals surface area contributed by atoms with Crippen molar-refractivity contribution >= 4 is 0 Å². The van der Waals surface area contributed by atoms with Gasteiger partial charge in [0.05, 0.1) is 0 Å². The van der Waals surface area contributed by atoms with Crippen LogP contribution < -0.4 is 5.73 Å². The Kier molecular flexibility index (Phi) is 4.16. The molecule has 3 nitrogen and oxygen atoms in total. The molecule has 1 fully saturated rings. The largest absolute Gasteiger partial charge is 0.327 e. The highest BCUT2D eigenvalue weighted by atomic mass is 15.2. The Morgan fingerprint density at radius 1 is 1.54 bits per heavy atom. The normalized spacial score (nSPS) is 27.9. The molecule has 1 aliphatic rings. The molecule has 0 aliphatic carbocycles. The molecule has 0 spiro atoms. The zero-order valence-electron chi connectivity index (χ0n) is 9.16. The minimum atomic E-state index is 0.401. The summed E-state index contributed by atoms with van der Waals surface area (Å²) >= 11 is 0. The summed E-state index contributed by atoms with van der Waals surface area (Å²) in [6, 6.07) is 1.04. The number of hydrogen-bond donors (Lipinski definition) is 1. The summed E-state index contributed by atoms with van der Waals surface area (Å²) in [4.78, 5) is 4.75. The molecule has 1 heterocycles. The van der Waals surface area contributed by atoms with Crippen LogP contribution in [-0.2, 0) is 0 Å². The molecule has 1 aliphatic heterocycles. The van der Waals surface area contributed by atoms with Crippen LogP contribution in [0.2, 0.25) is 0 Å². The molecule has 0 aromatic heterocycles. The fourth-order valence-electron chi connectivity index (χ4n) is 2.08. The van der Waals surface area contributed by atoms with Crippen LogP contribution in [0.15, 0.2) is 0 Å². The van der Waals surface area contributed by atoms with Gasteiger partial charge >= 0.3 is 0 Å². The van der Waals surface area contributed by atoms with E-state index in [1.807, 2.05) is 0 Å². The van der Waals surface area contributed by atoms with Crippen LogP contribution >= 0.6 is 0 Å². The highest BCUT2D eigenvalue weighted by Gasteiger charge is 2.21. The third-order valence-electron chi connectivity index (χ3n) is 2.74. The maximum absolute atomic E-state index is 5.94. The van der Waals surface area contributed by atoms with Crippen molar-refractivity contribution in [2.24, 2.45) is 5.73 Å². The van der Waals surface area contributed by atoms with Gasteiger partial charge in [0.15, 0.2) is 0 Å². The fourth-order valence-corrected chi connectivity index (χ4v) is 2.08. The quantitative estimate of drug-likeness (QED) is 0.689. The van der Waals surface area contributed by atoms with Crippen LogP contribution in [0.4, 0.5) is 0 Å². The number of nitrogens with zero attached hydrogens (tertiary/aromatic N) is 2. The second kappa shape index (κ2) is 4.94. The molecule has 0 amide bonds. The number of piperidine rings is 1. The van der Waals surface area contributed by atoms with Crippen molar-refractivity contribution < 1.29 is 0 Å². The van der Waals surface area contributed by atoms with E-state index in [4.69, 9.17) is 5.73 Å². The van der Waals surface area contributed by atoms with E-state index in [-0.39, 0.29) is 0 Å². The molecule has 1 saturated heterocycles. The van der Waals surface area contributed by atoms with E-state index in [0.29, 0.717) is 12.1 Å². The van der Waals surface area contributed by atoms with Gasteiger partial charge < -0.3 is 10.6 Å². The molecule has 2 atom stereocenters. The van der Waals surface area contributed by atoms with Crippen molar-refractivity contribution in [1.82, 2.24) is 9.80 Å². The molecular weight excluding hydrogens is 162 g/mol. The number of nitrogens with two attached hydrogens (primary N) is 1. The SMILES string of the molecule is CC(CN(C)C)N1CCCC(N)C1. The van der Waals surface area contributed by atoms with Gasteiger partial charge in [-0.2, -0.15) is 0 Å². The molecule has 0 aromatic carbocycles. The van der Waals surface area contributed by atoms with Crippen molar-refractivity contribution in [2.75, 3.05) is 33.7 Å². The van der Waals surface area contributed by atoms with Crippen LogP contribution in [0.3, 0.4) is 0 Å². The first-order valence-corrected chi connectivity index (χ1v) is 5.24. The van der Waals surface area contributed by atoms with Crippen molar-refractivity contribution in [1.29, 1.82) is 0 Å². The zero-order valence-corrected chi connectivity index (χ0v) is 9.16. The van der Waals surface area contributed by atoms with E-state index in [2.05, 4.69) is 30.8 Å². The minimum Gasteiger partial charge on any atom is -0.327 e. The summed E-state index contributed by atoms with van der Waals surface area (Å²) in [5.74, 6) is 0. The van der Waals surface area contributed by atoms with Crippen LogP contribution in [0.5, 0.6) is 0 Å². The Morgan fingerprint density at radius 2 is 2.23 bits per heavy atom. The summed E-state index contributed by atoms with van der Waals surface area (Å²) in [5.41, 5.74) is 5.94. The third kappa shape index (κ3) is 3.63. The topological polar surface area (TPSA) is 32.5 Å². The number of likely N-dealkylation sites (N-methyl/N-ethyl adjacent to an activating group) is 1.